The fourth-order valence-electron chi connectivity index (χ4n) is 5.78. The number of amides is 1. The van der Waals surface area contributed by atoms with Crippen LogP contribution in [0, 0.1) is 0 Å². The molecule has 2 fully saturated rings. The number of hydrogen-bond donors (Lipinski definition) is 1. The molecule has 2 saturated heterocycles. The van der Waals surface area contributed by atoms with Gasteiger partial charge in [-0.15, -0.1) is 11.3 Å². The molecule has 5 aromatic rings. The van der Waals surface area contributed by atoms with E-state index in [1.54, 1.807) is 28.0 Å². The highest BCUT2D eigenvalue weighted by Crippen LogP contribution is 2.41. The van der Waals surface area contributed by atoms with Crippen molar-refractivity contribution in [2.24, 2.45) is 0 Å². The smallest absolute Gasteiger partial charge is 0.259 e. The second-order valence-electron chi connectivity index (χ2n) is 10.8. The second-order valence-corrected chi connectivity index (χ2v) is 11.8. The van der Waals surface area contributed by atoms with Crippen LogP contribution in [0.4, 0.5) is 11.5 Å². The molecule has 2 aliphatic rings. The lowest BCUT2D eigenvalue weighted by atomic mass is 10.0. The van der Waals surface area contributed by atoms with Gasteiger partial charge >= 0.3 is 0 Å². The number of nitrogens with zero attached hydrogens (tertiary/aromatic N) is 5. The molecule has 41 heavy (non-hydrogen) atoms. The molecule has 0 unspecified atom stereocenters. The van der Waals surface area contributed by atoms with Gasteiger partial charge in [0.2, 0.25) is 5.91 Å². The predicted octanol–water partition coefficient (Wildman–Crippen LogP) is 3.75. The molecule has 0 bridgehead atoms. The fourth-order valence-corrected chi connectivity index (χ4v) is 6.99. The molecule has 3 aromatic heterocycles. The second kappa shape index (κ2) is 10.9. The number of pyridine rings is 1. The van der Waals surface area contributed by atoms with Gasteiger partial charge in [-0.05, 0) is 37.4 Å². The Morgan fingerprint density at radius 1 is 0.951 bits per heavy atom. The van der Waals surface area contributed by atoms with E-state index in [0.717, 1.165) is 63.2 Å². The summed E-state index contributed by atoms with van der Waals surface area (Å²) in [5.74, 6) is 0.698. The lowest BCUT2D eigenvalue weighted by Crippen LogP contribution is -2.47. The van der Waals surface area contributed by atoms with Crippen molar-refractivity contribution in [3.63, 3.8) is 0 Å². The Labute approximate surface area is 241 Å². The molecule has 1 N–H and O–H groups in total. The molecule has 7 rings (SSSR count). The maximum absolute atomic E-state index is 13.1. The van der Waals surface area contributed by atoms with E-state index in [1.165, 1.54) is 0 Å². The summed E-state index contributed by atoms with van der Waals surface area (Å²) >= 11 is 1.72. The number of piperazine rings is 1. The summed E-state index contributed by atoms with van der Waals surface area (Å²) in [6, 6.07) is 18.0. The largest absolute Gasteiger partial charge is 0.378 e. The summed E-state index contributed by atoms with van der Waals surface area (Å²) in [7, 11) is 2.11. The van der Waals surface area contributed by atoms with Gasteiger partial charge in [-0.25, -0.2) is 4.98 Å². The van der Waals surface area contributed by atoms with Crippen molar-refractivity contribution in [1.82, 2.24) is 19.2 Å². The van der Waals surface area contributed by atoms with Crippen LogP contribution in [0.1, 0.15) is 0 Å². The first kappa shape index (κ1) is 26.1. The van der Waals surface area contributed by atoms with Crippen molar-refractivity contribution in [1.29, 1.82) is 0 Å². The molecule has 5 heterocycles. The van der Waals surface area contributed by atoms with Crippen molar-refractivity contribution in [2.45, 2.75) is 0 Å². The van der Waals surface area contributed by atoms with Crippen molar-refractivity contribution < 1.29 is 9.53 Å². The van der Waals surface area contributed by atoms with Crippen molar-refractivity contribution >= 4 is 54.6 Å². The normalized spacial score (nSPS) is 17.0. The Balaban J connectivity index is 1.24. The monoisotopic (exact) mass is 568 g/mol. The van der Waals surface area contributed by atoms with Crippen molar-refractivity contribution in [2.75, 3.05) is 76.3 Å². The third-order valence-corrected chi connectivity index (χ3v) is 9.27. The number of rotatable bonds is 5. The Bertz CT molecular complexity index is 1820. The van der Waals surface area contributed by atoms with E-state index in [2.05, 4.69) is 57.4 Å². The summed E-state index contributed by atoms with van der Waals surface area (Å²) in [6.45, 7) is 6.87. The summed E-state index contributed by atoms with van der Waals surface area (Å²) < 4.78 is 9.39. The molecule has 0 atom stereocenters. The first-order valence-corrected chi connectivity index (χ1v) is 14.9. The Morgan fingerprint density at radius 2 is 1.76 bits per heavy atom. The molecule has 210 valence electrons. The average Bonchev–Trinajstić information content (AvgIpc) is 3.37. The van der Waals surface area contributed by atoms with E-state index < -0.39 is 0 Å². The topological polar surface area (TPSA) is 82.4 Å². The third-order valence-electron chi connectivity index (χ3n) is 8.05. The minimum Gasteiger partial charge on any atom is -0.378 e. The van der Waals surface area contributed by atoms with Crippen LogP contribution in [0.5, 0.6) is 0 Å². The lowest BCUT2D eigenvalue weighted by Gasteiger charge is -2.31. The van der Waals surface area contributed by atoms with Crippen LogP contribution in [0.2, 0.25) is 0 Å². The average molecular weight is 569 g/mol. The van der Waals surface area contributed by atoms with E-state index in [1.807, 2.05) is 18.2 Å². The summed E-state index contributed by atoms with van der Waals surface area (Å²) in [4.78, 5) is 37.5. The number of anilines is 2. The van der Waals surface area contributed by atoms with Crippen LogP contribution in [0.3, 0.4) is 0 Å². The first-order chi connectivity index (χ1) is 20.0. The van der Waals surface area contributed by atoms with Gasteiger partial charge in [-0.3, -0.25) is 18.9 Å². The molecular weight excluding hydrogens is 536 g/mol. The van der Waals surface area contributed by atoms with E-state index in [9.17, 15) is 9.59 Å². The standard InChI is InChI=1S/C31H32N6O3S/c1-34-10-12-35(13-11-34)20-28(38)32-21-7-8-26-25(18-21)23-5-2-4-22(30(23)41-26)24-6-3-9-37-29(39)19-27(33-31(24)37)36-14-16-40-17-15-36/h2-9,18-19H,10-17,20H2,1H3,(H,32,38). The molecule has 0 spiro atoms. The SMILES string of the molecule is CN1CCN(CC(=O)Nc2ccc3sc4c(-c5cccn6c(=O)cc(N7CCOCC7)nc56)cccc4c3c2)CC1. The number of ether oxygens (including phenoxy) is 1. The van der Waals surface area contributed by atoms with Gasteiger partial charge in [0.25, 0.3) is 5.56 Å². The Morgan fingerprint density at radius 3 is 2.59 bits per heavy atom. The molecule has 2 aliphatic heterocycles. The van der Waals surface area contributed by atoms with Gasteiger partial charge in [0.05, 0.1) is 19.8 Å². The molecule has 0 saturated carbocycles. The highest BCUT2D eigenvalue weighted by molar-refractivity contribution is 7.26. The number of likely N-dealkylation sites (N-methyl/N-ethyl adjacent to an activating group) is 1. The number of fused-ring (bicyclic) bond motifs is 4. The maximum Gasteiger partial charge on any atom is 0.259 e. The van der Waals surface area contributed by atoms with Gasteiger partial charge in [0.1, 0.15) is 11.5 Å². The summed E-state index contributed by atoms with van der Waals surface area (Å²) in [5, 5.41) is 5.33. The zero-order chi connectivity index (χ0) is 27.9. The Hall–Kier alpha value is -3.83. The van der Waals surface area contributed by atoms with Crippen molar-refractivity contribution in [3.05, 3.63) is 71.1 Å². The third kappa shape index (κ3) is 5.08. The van der Waals surface area contributed by atoms with Crippen LogP contribution in [0.25, 0.3) is 36.9 Å². The van der Waals surface area contributed by atoms with Gasteiger partial charge < -0.3 is 19.9 Å². The molecule has 9 nitrogen and oxygen atoms in total. The zero-order valence-corrected chi connectivity index (χ0v) is 23.8. The predicted molar refractivity (Wildman–Crippen MR) is 165 cm³/mol. The van der Waals surface area contributed by atoms with Crippen molar-refractivity contribution in [3.8, 4) is 11.1 Å². The van der Waals surface area contributed by atoms with Crippen LogP contribution in [-0.4, -0.2) is 91.2 Å². The van der Waals surface area contributed by atoms with E-state index in [4.69, 9.17) is 9.72 Å². The maximum atomic E-state index is 13.1. The number of aromatic nitrogens is 2. The number of morpholine rings is 1. The molecule has 0 aliphatic carbocycles. The van der Waals surface area contributed by atoms with Crippen LogP contribution in [-0.2, 0) is 9.53 Å². The number of hydrogen-bond acceptors (Lipinski definition) is 8. The highest BCUT2D eigenvalue weighted by Gasteiger charge is 2.19. The van der Waals surface area contributed by atoms with Crippen LogP contribution >= 0.6 is 11.3 Å². The van der Waals surface area contributed by atoms with Crippen LogP contribution < -0.4 is 15.8 Å². The number of thiophene rings is 1. The summed E-state index contributed by atoms with van der Waals surface area (Å²) in [5.41, 5.74) is 3.29. The van der Waals surface area contributed by atoms with Gasteiger partial charge in [-0.1, -0.05) is 18.2 Å². The van der Waals surface area contributed by atoms with Crippen LogP contribution in [0.15, 0.2) is 65.6 Å². The molecule has 10 heteroatoms. The molecule has 1 amide bonds. The quantitative estimate of drug-likeness (QED) is 0.346. The molecule has 2 aromatic carbocycles. The summed E-state index contributed by atoms with van der Waals surface area (Å²) in [6.07, 6.45) is 1.78. The Kier molecular flexibility index (Phi) is 6.91. The van der Waals surface area contributed by atoms with Gasteiger partial charge in [-0.2, -0.15) is 0 Å². The van der Waals surface area contributed by atoms with E-state index in [-0.39, 0.29) is 11.5 Å². The minimum absolute atomic E-state index is 0.0115. The van der Waals surface area contributed by atoms with E-state index in [0.29, 0.717) is 44.3 Å². The number of benzene rings is 2. The molecular formula is C31H32N6O3S. The molecule has 0 radical (unpaired) electrons. The van der Waals surface area contributed by atoms with E-state index >= 15 is 0 Å². The fraction of sp³-hybridized carbons (Fsp3) is 0.323. The first-order valence-electron chi connectivity index (χ1n) is 14.0. The minimum atomic E-state index is -0.0983. The zero-order valence-electron chi connectivity index (χ0n) is 23.0. The lowest BCUT2D eigenvalue weighted by molar-refractivity contribution is -0.117. The van der Waals surface area contributed by atoms with Gasteiger partial charge in [0, 0.05) is 88.5 Å². The number of carbonyl (C=O) groups is 1. The number of nitrogens with one attached hydrogen (secondary N) is 1. The highest BCUT2D eigenvalue weighted by atomic mass is 32.1. The van der Waals surface area contributed by atoms with Gasteiger partial charge in [0.15, 0.2) is 0 Å². The number of carbonyl (C=O) groups excluding carboxylic acids is 1.